The maximum absolute atomic E-state index is 6.03. The van der Waals surface area contributed by atoms with E-state index >= 15 is 0 Å². The van der Waals surface area contributed by atoms with Crippen molar-refractivity contribution in [2.24, 2.45) is 0 Å². The Morgan fingerprint density at radius 1 is 1.26 bits per heavy atom. The molecule has 100 valence electrons. The first-order valence-electron chi connectivity index (χ1n) is 6.82. The van der Waals surface area contributed by atoms with Gasteiger partial charge in [0.15, 0.2) is 0 Å². The Labute approximate surface area is 113 Å². The summed E-state index contributed by atoms with van der Waals surface area (Å²) in [6.45, 7) is 2.10. The van der Waals surface area contributed by atoms with Crippen LogP contribution in [0, 0.1) is 0 Å². The van der Waals surface area contributed by atoms with E-state index in [2.05, 4.69) is 24.4 Å². The first kappa shape index (κ1) is 12.3. The van der Waals surface area contributed by atoms with E-state index in [-0.39, 0.29) is 12.1 Å². The number of hydrogen-bond acceptors (Lipinski definition) is 3. The molecule has 3 rings (SSSR count). The summed E-state index contributed by atoms with van der Waals surface area (Å²) >= 11 is 0. The van der Waals surface area contributed by atoms with E-state index in [1.54, 1.807) is 0 Å². The Balaban J connectivity index is 1.81. The van der Waals surface area contributed by atoms with Gasteiger partial charge in [-0.05, 0) is 30.8 Å². The Morgan fingerprint density at radius 2 is 2.11 bits per heavy atom. The average Bonchev–Trinajstić information content (AvgIpc) is 3.05. The van der Waals surface area contributed by atoms with Crippen LogP contribution in [0.15, 0.2) is 40.8 Å². The molecule has 19 heavy (non-hydrogen) atoms. The van der Waals surface area contributed by atoms with Crippen molar-refractivity contribution in [3.05, 3.63) is 53.5 Å². The number of furan rings is 1. The van der Waals surface area contributed by atoms with Gasteiger partial charge in [-0.15, -0.1) is 0 Å². The summed E-state index contributed by atoms with van der Waals surface area (Å²) in [7, 11) is 1.95. The maximum atomic E-state index is 6.03. The van der Waals surface area contributed by atoms with E-state index in [0.717, 1.165) is 30.1 Å². The normalized spacial score (nSPS) is 18.9. The molecule has 1 aliphatic rings. The molecular weight excluding hydrogens is 238 g/mol. The molecule has 0 saturated carbocycles. The summed E-state index contributed by atoms with van der Waals surface area (Å²) in [5, 5.41) is 3.31. The monoisotopic (exact) mass is 257 g/mol. The first-order chi connectivity index (χ1) is 9.31. The molecule has 0 spiro atoms. The highest BCUT2D eigenvalue weighted by Gasteiger charge is 2.32. The number of aryl methyl sites for hydroxylation is 1. The minimum atomic E-state index is 0.0905. The summed E-state index contributed by atoms with van der Waals surface area (Å²) in [5.41, 5.74) is 1.27. The molecule has 2 unspecified atom stereocenters. The lowest BCUT2D eigenvalue weighted by Crippen LogP contribution is -2.32. The Kier molecular flexibility index (Phi) is 3.30. The van der Waals surface area contributed by atoms with Crippen LogP contribution in [0.5, 0.6) is 5.75 Å². The number of ether oxygens (including phenoxy) is 1. The Morgan fingerprint density at radius 3 is 2.79 bits per heavy atom. The van der Waals surface area contributed by atoms with Crippen LogP contribution in [0.2, 0.25) is 0 Å². The minimum absolute atomic E-state index is 0.0905. The van der Waals surface area contributed by atoms with Crippen LogP contribution in [-0.2, 0) is 12.8 Å². The van der Waals surface area contributed by atoms with Crippen molar-refractivity contribution in [1.82, 2.24) is 5.32 Å². The zero-order valence-corrected chi connectivity index (χ0v) is 11.3. The van der Waals surface area contributed by atoms with Crippen LogP contribution in [0.1, 0.15) is 30.0 Å². The highest BCUT2D eigenvalue weighted by molar-refractivity contribution is 5.38. The highest BCUT2D eigenvalue weighted by Crippen LogP contribution is 2.34. The van der Waals surface area contributed by atoms with Crippen LogP contribution in [0.25, 0.3) is 0 Å². The molecule has 1 aliphatic heterocycles. The smallest absolute Gasteiger partial charge is 0.125 e. The van der Waals surface area contributed by atoms with Crippen molar-refractivity contribution in [3.63, 3.8) is 0 Å². The van der Waals surface area contributed by atoms with Gasteiger partial charge in [0.1, 0.15) is 29.4 Å². The van der Waals surface area contributed by atoms with Gasteiger partial charge >= 0.3 is 0 Å². The third kappa shape index (κ3) is 2.26. The molecule has 3 heteroatoms. The summed E-state index contributed by atoms with van der Waals surface area (Å²) in [6.07, 6.45) is 1.93. The number of fused-ring (bicyclic) bond motifs is 1. The number of likely N-dealkylation sites (N-methyl/N-ethyl adjacent to an activating group) is 1. The number of rotatable bonds is 4. The molecule has 3 nitrogen and oxygen atoms in total. The van der Waals surface area contributed by atoms with Gasteiger partial charge < -0.3 is 14.5 Å². The van der Waals surface area contributed by atoms with E-state index in [1.165, 1.54) is 5.56 Å². The third-order valence-electron chi connectivity index (χ3n) is 3.69. The second kappa shape index (κ2) is 5.10. The fraction of sp³-hybridized carbons (Fsp3) is 0.375. The van der Waals surface area contributed by atoms with Crippen molar-refractivity contribution in [3.8, 4) is 5.75 Å². The molecule has 0 saturated heterocycles. The Hall–Kier alpha value is -1.74. The second-order valence-electron chi connectivity index (χ2n) is 4.89. The predicted molar refractivity (Wildman–Crippen MR) is 74.4 cm³/mol. The molecule has 2 heterocycles. The van der Waals surface area contributed by atoms with Crippen molar-refractivity contribution >= 4 is 0 Å². The fourth-order valence-corrected chi connectivity index (χ4v) is 2.66. The number of hydrogen-bond donors (Lipinski definition) is 1. The fourth-order valence-electron chi connectivity index (χ4n) is 2.66. The van der Waals surface area contributed by atoms with Crippen LogP contribution in [0.3, 0.4) is 0 Å². The molecule has 0 radical (unpaired) electrons. The molecule has 1 N–H and O–H groups in total. The number of para-hydroxylation sites is 1. The van der Waals surface area contributed by atoms with E-state index < -0.39 is 0 Å². The van der Waals surface area contributed by atoms with Gasteiger partial charge in [-0.25, -0.2) is 0 Å². The van der Waals surface area contributed by atoms with E-state index in [0.29, 0.717) is 0 Å². The lowest BCUT2D eigenvalue weighted by atomic mass is 10.0. The number of nitrogens with one attached hydrogen (secondary N) is 1. The first-order valence-corrected chi connectivity index (χ1v) is 6.82. The molecule has 2 aromatic rings. The van der Waals surface area contributed by atoms with Gasteiger partial charge in [-0.2, -0.15) is 0 Å². The van der Waals surface area contributed by atoms with Gasteiger partial charge in [0.05, 0.1) is 0 Å². The lowest BCUT2D eigenvalue weighted by Gasteiger charge is -2.20. The van der Waals surface area contributed by atoms with E-state index in [1.807, 2.05) is 31.3 Å². The summed E-state index contributed by atoms with van der Waals surface area (Å²) < 4.78 is 11.9. The van der Waals surface area contributed by atoms with Gasteiger partial charge in [0.25, 0.3) is 0 Å². The highest BCUT2D eigenvalue weighted by atomic mass is 16.5. The van der Waals surface area contributed by atoms with Gasteiger partial charge in [-0.3, -0.25) is 0 Å². The third-order valence-corrected chi connectivity index (χ3v) is 3.69. The lowest BCUT2D eigenvalue weighted by molar-refractivity contribution is 0.168. The van der Waals surface area contributed by atoms with Gasteiger partial charge in [0, 0.05) is 12.8 Å². The minimum Gasteiger partial charge on any atom is -0.488 e. The zero-order valence-electron chi connectivity index (χ0n) is 11.3. The molecule has 0 bridgehead atoms. The van der Waals surface area contributed by atoms with E-state index in [4.69, 9.17) is 9.15 Å². The molecule has 0 amide bonds. The van der Waals surface area contributed by atoms with Crippen LogP contribution < -0.4 is 10.1 Å². The molecular formula is C16H19NO2. The van der Waals surface area contributed by atoms with Crippen LogP contribution in [0.4, 0.5) is 0 Å². The zero-order chi connectivity index (χ0) is 13.2. The summed E-state index contributed by atoms with van der Waals surface area (Å²) in [4.78, 5) is 0. The average molecular weight is 257 g/mol. The van der Waals surface area contributed by atoms with Crippen molar-refractivity contribution in [2.75, 3.05) is 7.05 Å². The number of benzene rings is 1. The summed E-state index contributed by atoms with van der Waals surface area (Å²) in [5.74, 6) is 2.97. The SMILES string of the molecule is CCc1ccc(C(NC)C2Cc3ccccc3O2)o1. The molecule has 0 fully saturated rings. The van der Waals surface area contributed by atoms with Crippen molar-refractivity contribution in [1.29, 1.82) is 0 Å². The topological polar surface area (TPSA) is 34.4 Å². The molecule has 0 aliphatic carbocycles. The van der Waals surface area contributed by atoms with Gasteiger partial charge in [0.2, 0.25) is 0 Å². The van der Waals surface area contributed by atoms with Crippen LogP contribution >= 0.6 is 0 Å². The molecule has 1 aromatic carbocycles. The van der Waals surface area contributed by atoms with Crippen LogP contribution in [-0.4, -0.2) is 13.2 Å². The predicted octanol–water partition coefficient (Wildman–Crippen LogP) is 3.11. The largest absolute Gasteiger partial charge is 0.488 e. The molecule has 1 aromatic heterocycles. The van der Waals surface area contributed by atoms with Crippen molar-refractivity contribution < 1.29 is 9.15 Å². The molecule has 2 atom stereocenters. The second-order valence-corrected chi connectivity index (χ2v) is 4.89. The van der Waals surface area contributed by atoms with E-state index in [9.17, 15) is 0 Å². The van der Waals surface area contributed by atoms with Gasteiger partial charge in [-0.1, -0.05) is 25.1 Å². The Bertz CT molecular complexity index is 536. The van der Waals surface area contributed by atoms with Crippen molar-refractivity contribution in [2.45, 2.75) is 31.9 Å². The maximum Gasteiger partial charge on any atom is 0.125 e. The quantitative estimate of drug-likeness (QED) is 0.914. The summed E-state index contributed by atoms with van der Waals surface area (Å²) in [6, 6.07) is 12.4. The standard InChI is InChI=1S/C16H19NO2/c1-3-12-8-9-14(18-12)16(17-2)15-10-11-6-4-5-7-13(11)19-15/h4-9,15-17H,3,10H2,1-2H3.